The fourth-order valence-corrected chi connectivity index (χ4v) is 2.86. The Morgan fingerprint density at radius 2 is 2.29 bits per heavy atom. The Morgan fingerprint density at radius 1 is 1.57 bits per heavy atom. The Balaban J connectivity index is 2.27. The summed E-state index contributed by atoms with van der Waals surface area (Å²) in [4.78, 5) is 2.42. The predicted octanol–water partition coefficient (Wildman–Crippen LogP) is 2.36. The van der Waals surface area contributed by atoms with Crippen LogP contribution in [0.5, 0.6) is 0 Å². The van der Waals surface area contributed by atoms with Crippen LogP contribution in [0, 0.1) is 16.7 Å². The quantitative estimate of drug-likeness (QED) is 0.716. The molecule has 0 saturated carbocycles. The molecule has 0 radical (unpaired) electrons. The summed E-state index contributed by atoms with van der Waals surface area (Å²) in [6, 6.07) is 3.10. The highest BCUT2D eigenvalue weighted by Crippen LogP contribution is 2.24. The molecule has 1 atom stereocenters. The molecule has 1 aliphatic heterocycles. The lowest BCUT2D eigenvalue weighted by Crippen LogP contribution is -2.34. The smallest absolute Gasteiger partial charge is 0.0684 e. The number of nitriles is 1. The van der Waals surface area contributed by atoms with Gasteiger partial charge in [-0.3, -0.25) is 0 Å². The molecule has 14 heavy (non-hydrogen) atoms. The van der Waals surface area contributed by atoms with Crippen molar-refractivity contribution in [2.24, 2.45) is 5.41 Å². The summed E-state index contributed by atoms with van der Waals surface area (Å²) >= 11 is 2.04. The van der Waals surface area contributed by atoms with Crippen molar-refractivity contribution in [1.29, 1.82) is 5.26 Å². The van der Waals surface area contributed by atoms with Crippen molar-refractivity contribution in [2.45, 2.75) is 32.7 Å². The van der Waals surface area contributed by atoms with Crippen LogP contribution in [0.3, 0.4) is 0 Å². The number of thioether (sulfide) groups is 1. The fraction of sp³-hybridized carbons (Fsp3) is 0.909. The van der Waals surface area contributed by atoms with Crippen LogP contribution in [0.1, 0.15) is 26.7 Å². The second kappa shape index (κ2) is 5.04. The molecule has 0 spiro atoms. The van der Waals surface area contributed by atoms with Gasteiger partial charge in [-0.15, -0.1) is 0 Å². The van der Waals surface area contributed by atoms with E-state index in [4.69, 9.17) is 5.26 Å². The van der Waals surface area contributed by atoms with E-state index < -0.39 is 0 Å². The number of hydrogen-bond donors (Lipinski definition) is 0. The molecule has 3 heteroatoms. The van der Waals surface area contributed by atoms with Gasteiger partial charge in [-0.25, -0.2) is 0 Å². The third kappa shape index (κ3) is 3.51. The van der Waals surface area contributed by atoms with Gasteiger partial charge in [-0.1, -0.05) is 0 Å². The summed E-state index contributed by atoms with van der Waals surface area (Å²) in [5, 5.41) is 8.90. The fourth-order valence-electron chi connectivity index (χ4n) is 1.56. The third-order valence-corrected chi connectivity index (χ3v) is 4.07. The number of rotatable bonds is 4. The van der Waals surface area contributed by atoms with Crippen molar-refractivity contribution < 1.29 is 0 Å². The molecule has 1 fully saturated rings. The summed E-state index contributed by atoms with van der Waals surface area (Å²) < 4.78 is 0. The molecule has 0 aliphatic carbocycles. The molecule has 1 heterocycles. The van der Waals surface area contributed by atoms with E-state index in [0.29, 0.717) is 0 Å². The van der Waals surface area contributed by atoms with E-state index in [1.54, 1.807) is 0 Å². The van der Waals surface area contributed by atoms with Crippen LogP contribution in [0.15, 0.2) is 0 Å². The van der Waals surface area contributed by atoms with Crippen LogP contribution in [0.4, 0.5) is 0 Å². The van der Waals surface area contributed by atoms with Crippen molar-refractivity contribution in [3.8, 4) is 6.07 Å². The van der Waals surface area contributed by atoms with Gasteiger partial charge in [-0.05, 0) is 46.0 Å². The molecule has 0 aromatic rings. The van der Waals surface area contributed by atoms with Gasteiger partial charge >= 0.3 is 0 Å². The summed E-state index contributed by atoms with van der Waals surface area (Å²) in [6.45, 7) is 5.08. The van der Waals surface area contributed by atoms with Crippen molar-refractivity contribution in [2.75, 3.05) is 25.1 Å². The van der Waals surface area contributed by atoms with Crippen molar-refractivity contribution >= 4 is 11.8 Å². The second-order valence-corrected chi connectivity index (χ2v) is 5.89. The Bertz CT molecular complexity index is 214. The maximum Gasteiger partial charge on any atom is 0.0684 e. The zero-order chi connectivity index (χ0) is 10.6. The molecular weight excluding hydrogens is 192 g/mol. The van der Waals surface area contributed by atoms with Crippen LogP contribution in [-0.4, -0.2) is 36.0 Å². The second-order valence-electron chi connectivity index (χ2n) is 4.74. The largest absolute Gasteiger partial charge is 0.303 e. The highest BCUT2D eigenvalue weighted by atomic mass is 32.2. The number of nitrogens with zero attached hydrogens (tertiary/aromatic N) is 2. The van der Waals surface area contributed by atoms with Gasteiger partial charge in [-0.2, -0.15) is 17.0 Å². The first kappa shape index (κ1) is 11.9. The minimum absolute atomic E-state index is 0.167. The first-order valence-electron chi connectivity index (χ1n) is 5.24. The van der Waals surface area contributed by atoms with Crippen LogP contribution < -0.4 is 0 Å². The van der Waals surface area contributed by atoms with E-state index in [0.717, 1.165) is 19.0 Å². The summed E-state index contributed by atoms with van der Waals surface area (Å²) in [5.41, 5.74) is -0.167. The first-order chi connectivity index (χ1) is 6.55. The van der Waals surface area contributed by atoms with Crippen molar-refractivity contribution in [3.63, 3.8) is 0 Å². The van der Waals surface area contributed by atoms with Gasteiger partial charge in [0.1, 0.15) is 0 Å². The topological polar surface area (TPSA) is 27.0 Å². The zero-order valence-corrected chi connectivity index (χ0v) is 10.2. The molecule has 0 N–H and O–H groups in total. The maximum atomic E-state index is 8.90. The number of hydrogen-bond acceptors (Lipinski definition) is 3. The molecule has 1 saturated heterocycles. The highest BCUT2D eigenvalue weighted by molar-refractivity contribution is 7.99. The average molecular weight is 212 g/mol. The van der Waals surface area contributed by atoms with E-state index in [9.17, 15) is 0 Å². The molecule has 0 aromatic heterocycles. The average Bonchev–Trinajstić information content (AvgIpc) is 2.67. The Morgan fingerprint density at radius 3 is 2.79 bits per heavy atom. The summed E-state index contributed by atoms with van der Waals surface area (Å²) in [7, 11) is 2.18. The monoisotopic (exact) mass is 212 g/mol. The summed E-state index contributed by atoms with van der Waals surface area (Å²) in [6.07, 6.45) is 2.29. The standard InChI is InChI=1S/C11H20N2S/c1-11(2,9-12)5-6-13(3)10-4-7-14-8-10/h10H,4-8H2,1-3H3. The molecule has 1 unspecified atom stereocenters. The molecule has 0 amide bonds. The van der Waals surface area contributed by atoms with E-state index in [1.165, 1.54) is 17.9 Å². The highest BCUT2D eigenvalue weighted by Gasteiger charge is 2.22. The molecule has 0 bridgehead atoms. The van der Waals surface area contributed by atoms with E-state index in [-0.39, 0.29) is 5.41 Å². The van der Waals surface area contributed by atoms with Crippen LogP contribution in [0.2, 0.25) is 0 Å². The molecule has 1 rings (SSSR count). The lowest BCUT2D eigenvalue weighted by Gasteiger charge is -2.26. The van der Waals surface area contributed by atoms with Crippen molar-refractivity contribution in [3.05, 3.63) is 0 Å². The molecular formula is C11H20N2S. The molecule has 2 nitrogen and oxygen atoms in total. The predicted molar refractivity (Wildman–Crippen MR) is 62.4 cm³/mol. The van der Waals surface area contributed by atoms with Gasteiger partial charge < -0.3 is 4.90 Å². The lowest BCUT2D eigenvalue weighted by atomic mass is 9.91. The Kier molecular flexibility index (Phi) is 4.28. The van der Waals surface area contributed by atoms with E-state index in [1.807, 2.05) is 25.6 Å². The van der Waals surface area contributed by atoms with Crippen LogP contribution in [-0.2, 0) is 0 Å². The molecule has 0 aromatic carbocycles. The van der Waals surface area contributed by atoms with E-state index >= 15 is 0 Å². The van der Waals surface area contributed by atoms with E-state index in [2.05, 4.69) is 18.0 Å². The first-order valence-corrected chi connectivity index (χ1v) is 6.40. The minimum atomic E-state index is -0.167. The van der Waals surface area contributed by atoms with Gasteiger partial charge in [0.15, 0.2) is 0 Å². The third-order valence-electron chi connectivity index (χ3n) is 2.92. The lowest BCUT2D eigenvalue weighted by molar-refractivity contribution is 0.233. The maximum absolute atomic E-state index is 8.90. The molecule has 1 aliphatic rings. The SMILES string of the molecule is CN(CCC(C)(C)C#N)C1CCSC1. The zero-order valence-electron chi connectivity index (χ0n) is 9.42. The van der Waals surface area contributed by atoms with Crippen molar-refractivity contribution in [1.82, 2.24) is 4.90 Å². The van der Waals surface area contributed by atoms with Gasteiger partial charge in [0.25, 0.3) is 0 Å². The Labute approximate surface area is 91.7 Å². The van der Waals surface area contributed by atoms with Crippen LogP contribution >= 0.6 is 11.8 Å². The summed E-state index contributed by atoms with van der Waals surface area (Å²) in [5.74, 6) is 2.57. The van der Waals surface area contributed by atoms with Crippen LogP contribution in [0.25, 0.3) is 0 Å². The van der Waals surface area contributed by atoms with Gasteiger partial charge in [0.2, 0.25) is 0 Å². The van der Waals surface area contributed by atoms with Gasteiger partial charge in [0.05, 0.1) is 11.5 Å². The molecule has 80 valence electrons. The minimum Gasteiger partial charge on any atom is -0.303 e. The normalized spacial score (nSPS) is 22.6. The Hall–Kier alpha value is -0.200. The van der Waals surface area contributed by atoms with Gasteiger partial charge in [0, 0.05) is 11.8 Å².